The molecule has 5 rings (SSSR count). The van der Waals surface area contributed by atoms with Gasteiger partial charge in [-0.3, -0.25) is 4.98 Å². The van der Waals surface area contributed by atoms with Crippen molar-refractivity contribution in [3.63, 3.8) is 0 Å². The summed E-state index contributed by atoms with van der Waals surface area (Å²) in [7, 11) is 0. The molecule has 1 N–H and O–H groups in total. The van der Waals surface area contributed by atoms with E-state index in [-0.39, 0.29) is 5.69 Å². The highest BCUT2D eigenvalue weighted by molar-refractivity contribution is 6.31. The Hall–Kier alpha value is -3.97. The number of benzene rings is 1. The van der Waals surface area contributed by atoms with Crippen molar-refractivity contribution < 1.29 is 14.4 Å². The second-order valence-corrected chi connectivity index (χ2v) is 8.20. The molecule has 0 aliphatic carbocycles. The lowest BCUT2D eigenvalue weighted by Crippen LogP contribution is -2.02. The Labute approximate surface area is 194 Å². The van der Waals surface area contributed by atoms with E-state index in [1.807, 2.05) is 61.1 Å². The second kappa shape index (κ2) is 8.18. The third kappa shape index (κ3) is 3.76. The van der Waals surface area contributed by atoms with Crippen molar-refractivity contribution in [3.05, 3.63) is 94.4 Å². The van der Waals surface area contributed by atoms with E-state index in [0.717, 1.165) is 39.0 Å². The Kier molecular flexibility index (Phi) is 5.18. The van der Waals surface area contributed by atoms with E-state index in [0.29, 0.717) is 22.9 Å². The van der Waals surface area contributed by atoms with Crippen LogP contribution in [0.5, 0.6) is 0 Å². The average Bonchev–Trinajstić information content (AvgIpc) is 3.34. The zero-order valence-corrected chi connectivity index (χ0v) is 18.7. The number of pyridine rings is 2. The fourth-order valence-corrected chi connectivity index (χ4v) is 4.28. The summed E-state index contributed by atoms with van der Waals surface area (Å²) in [5, 5.41) is 14.2. The zero-order valence-electron chi connectivity index (χ0n) is 17.9. The molecule has 0 aliphatic heterocycles. The number of hydrogen-bond acceptors (Lipinski definition) is 5. The standard InChI is InChI=1S/C25H19ClN4O3/c1-14-23(15(2)33-29-14)17-10-22-24(28-12-17)18(9-16-5-3-4-6-20(16)26)13-30(22)19-7-8-27-21(11-19)25(31)32/h3-8,10-13H,9H2,1-2H3,(H,31,32). The smallest absolute Gasteiger partial charge is 0.354 e. The highest BCUT2D eigenvalue weighted by atomic mass is 35.5. The van der Waals surface area contributed by atoms with Gasteiger partial charge in [-0.25, -0.2) is 9.78 Å². The second-order valence-electron chi connectivity index (χ2n) is 7.79. The van der Waals surface area contributed by atoms with Gasteiger partial charge in [0.25, 0.3) is 0 Å². The molecule has 0 unspecified atom stereocenters. The van der Waals surface area contributed by atoms with E-state index >= 15 is 0 Å². The number of rotatable bonds is 5. The van der Waals surface area contributed by atoms with Gasteiger partial charge in [0, 0.05) is 52.4 Å². The van der Waals surface area contributed by atoms with Gasteiger partial charge in [-0.15, -0.1) is 0 Å². The third-order valence-corrected chi connectivity index (χ3v) is 5.99. The van der Waals surface area contributed by atoms with Gasteiger partial charge in [-0.1, -0.05) is 35.0 Å². The highest BCUT2D eigenvalue weighted by Gasteiger charge is 2.18. The van der Waals surface area contributed by atoms with Gasteiger partial charge in [-0.05, 0) is 43.7 Å². The summed E-state index contributed by atoms with van der Waals surface area (Å²) in [5.41, 5.74) is 6.78. The lowest BCUT2D eigenvalue weighted by atomic mass is 10.0. The number of hydrogen-bond donors (Lipinski definition) is 1. The molecular weight excluding hydrogens is 440 g/mol. The van der Waals surface area contributed by atoms with Gasteiger partial charge >= 0.3 is 5.97 Å². The van der Waals surface area contributed by atoms with Crippen LogP contribution in [0.4, 0.5) is 0 Å². The molecule has 5 aromatic rings. The van der Waals surface area contributed by atoms with Crippen LogP contribution in [0.15, 0.2) is 65.6 Å². The molecule has 0 aliphatic rings. The van der Waals surface area contributed by atoms with Gasteiger partial charge in [0.1, 0.15) is 11.5 Å². The molecule has 4 aromatic heterocycles. The normalized spacial score (nSPS) is 11.2. The molecular formula is C25H19ClN4O3. The predicted octanol–water partition coefficient (Wildman–Crippen LogP) is 5.63. The predicted molar refractivity (Wildman–Crippen MR) is 125 cm³/mol. The average molecular weight is 459 g/mol. The van der Waals surface area contributed by atoms with Crippen molar-refractivity contribution in [2.45, 2.75) is 20.3 Å². The highest BCUT2D eigenvalue weighted by Crippen LogP contribution is 2.33. The first-order valence-corrected chi connectivity index (χ1v) is 10.7. The number of carbonyl (C=O) groups is 1. The number of fused-ring (bicyclic) bond motifs is 1. The Morgan fingerprint density at radius 3 is 2.67 bits per heavy atom. The molecule has 8 heteroatoms. The zero-order chi connectivity index (χ0) is 23.1. The molecule has 0 fully saturated rings. The van der Waals surface area contributed by atoms with Crippen LogP contribution in [0.3, 0.4) is 0 Å². The molecule has 4 heterocycles. The molecule has 0 saturated heterocycles. The van der Waals surface area contributed by atoms with Crippen LogP contribution in [0, 0.1) is 13.8 Å². The maximum atomic E-state index is 11.5. The van der Waals surface area contributed by atoms with E-state index in [1.54, 1.807) is 12.1 Å². The minimum Gasteiger partial charge on any atom is -0.477 e. The minimum absolute atomic E-state index is 0.0307. The number of halogens is 1. The van der Waals surface area contributed by atoms with Crippen molar-refractivity contribution in [2.24, 2.45) is 0 Å². The van der Waals surface area contributed by atoms with E-state index in [2.05, 4.69) is 10.1 Å². The first-order valence-electron chi connectivity index (χ1n) is 10.3. The monoisotopic (exact) mass is 458 g/mol. The summed E-state index contributed by atoms with van der Waals surface area (Å²) in [4.78, 5) is 20.2. The molecule has 164 valence electrons. The fraction of sp³-hybridized carbons (Fsp3) is 0.120. The maximum absolute atomic E-state index is 11.5. The largest absolute Gasteiger partial charge is 0.477 e. The van der Waals surface area contributed by atoms with Crippen molar-refractivity contribution in [1.82, 2.24) is 19.7 Å². The van der Waals surface area contributed by atoms with Gasteiger partial charge in [-0.2, -0.15) is 0 Å². The van der Waals surface area contributed by atoms with Gasteiger partial charge in [0.15, 0.2) is 0 Å². The molecule has 0 atom stereocenters. The summed E-state index contributed by atoms with van der Waals surface area (Å²) >= 11 is 6.41. The van der Waals surface area contributed by atoms with Crippen LogP contribution in [-0.4, -0.2) is 30.8 Å². The Bertz CT molecular complexity index is 1500. The lowest BCUT2D eigenvalue weighted by molar-refractivity contribution is 0.0690. The van der Waals surface area contributed by atoms with E-state index in [1.165, 1.54) is 6.20 Å². The van der Waals surface area contributed by atoms with Crippen LogP contribution in [0.1, 0.15) is 33.1 Å². The lowest BCUT2D eigenvalue weighted by Gasteiger charge is -2.07. The van der Waals surface area contributed by atoms with Gasteiger partial charge < -0.3 is 14.2 Å². The number of nitrogens with zero attached hydrogens (tertiary/aromatic N) is 4. The first kappa shape index (κ1) is 20.9. The van der Waals surface area contributed by atoms with Crippen LogP contribution in [0.25, 0.3) is 27.8 Å². The summed E-state index contributed by atoms with van der Waals surface area (Å²) in [5.74, 6) is -0.376. The summed E-state index contributed by atoms with van der Waals surface area (Å²) in [6.45, 7) is 3.75. The van der Waals surface area contributed by atoms with Crippen LogP contribution >= 0.6 is 11.6 Å². The topological polar surface area (TPSA) is 94.0 Å². The SMILES string of the molecule is Cc1noc(C)c1-c1cnc2c(Cc3ccccc3Cl)cn(-c3ccnc(C(=O)O)c3)c2c1. The number of aromatic carboxylic acids is 1. The van der Waals surface area contributed by atoms with Crippen molar-refractivity contribution in [3.8, 4) is 16.8 Å². The molecule has 0 bridgehead atoms. The Morgan fingerprint density at radius 2 is 1.94 bits per heavy atom. The van der Waals surface area contributed by atoms with E-state index in [4.69, 9.17) is 21.1 Å². The Balaban J connectivity index is 1.73. The van der Waals surface area contributed by atoms with Crippen molar-refractivity contribution in [2.75, 3.05) is 0 Å². The molecule has 7 nitrogen and oxygen atoms in total. The molecule has 0 radical (unpaired) electrons. The summed E-state index contributed by atoms with van der Waals surface area (Å²) in [6.07, 6.45) is 5.85. The molecule has 0 spiro atoms. The molecule has 1 aromatic carbocycles. The third-order valence-electron chi connectivity index (χ3n) is 5.62. The number of aromatic nitrogens is 4. The van der Waals surface area contributed by atoms with Gasteiger partial charge in [0.2, 0.25) is 0 Å². The summed E-state index contributed by atoms with van der Waals surface area (Å²) in [6, 6.07) is 13.0. The van der Waals surface area contributed by atoms with Crippen LogP contribution in [-0.2, 0) is 6.42 Å². The maximum Gasteiger partial charge on any atom is 0.354 e. The van der Waals surface area contributed by atoms with Crippen LogP contribution < -0.4 is 0 Å². The number of carboxylic acid groups (broad SMARTS) is 1. The molecule has 0 amide bonds. The van der Waals surface area contributed by atoms with Crippen molar-refractivity contribution >= 4 is 28.6 Å². The molecule has 33 heavy (non-hydrogen) atoms. The quantitative estimate of drug-likeness (QED) is 0.366. The van der Waals surface area contributed by atoms with Crippen LogP contribution in [0.2, 0.25) is 5.02 Å². The van der Waals surface area contributed by atoms with E-state index < -0.39 is 5.97 Å². The first-order chi connectivity index (χ1) is 15.9. The van der Waals surface area contributed by atoms with Gasteiger partial charge in [0.05, 0.1) is 16.7 Å². The molecule has 0 saturated carbocycles. The minimum atomic E-state index is -1.08. The number of carboxylic acids is 1. The van der Waals surface area contributed by atoms with E-state index in [9.17, 15) is 9.90 Å². The Morgan fingerprint density at radius 1 is 1.12 bits per heavy atom. The number of aryl methyl sites for hydroxylation is 2. The fourth-order valence-electron chi connectivity index (χ4n) is 4.08. The summed E-state index contributed by atoms with van der Waals surface area (Å²) < 4.78 is 7.28. The van der Waals surface area contributed by atoms with Crippen molar-refractivity contribution in [1.29, 1.82) is 0 Å².